The van der Waals surface area contributed by atoms with E-state index in [0.29, 0.717) is 12.3 Å². The van der Waals surface area contributed by atoms with E-state index in [1.807, 2.05) is 18.2 Å². The van der Waals surface area contributed by atoms with Crippen LogP contribution in [-0.4, -0.2) is 16.6 Å². The van der Waals surface area contributed by atoms with E-state index in [0.717, 1.165) is 17.7 Å². The van der Waals surface area contributed by atoms with Gasteiger partial charge in [0.1, 0.15) is 11.5 Å². The first-order chi connectivity index (χ1) is 11.1. The zero-order chi connectivity index (χ0) is 18.0. The normalized spacial score (nSPS) is 12.4. The number of carboxylic acid groups (broad SMARTS) is 1. The summed E-state index contributed by atoms with van der Waals surface area (Å²) in [6.45, 7) is 11.7. The third-order valence-corrected chi connectivity index (χ3v) is 3.77. The quantitative estimate of drug-likeness (QED) is 0.787. The minimum atomic E-state index is -0.936. The molecule has 2 N–H and O–H groups in total. The maximum Gasteiger partial charge on any atom is 0.335 e. The van der Waals surface area contributed by atoms with Crippen LogP contribution < -0.4 is 5.32 Å². The number of hydrogen-bond acceptors (Lipinski definition) is 3. The first kappa shape index (κ1) is 18.3. The van der Waals surface area contributed by atoms with Crippen molar-refractivity contribution in [2.24, 2.45) is 5.41 Å². The lowest BCUT2D eigenvalue weighted by molar-refractivity contribution is 0.0697. The smallest absolute Gasteiger partial charge is 0.335 e. The molecule has 0 aliphatic carbocycles. The number of nitrogens with one attached hydrogen (secondary N) is 1. The number of carbonyl (C=O) groups is 1. The van der Waals surface area contributed by atoms with Gasteiger partial charge in [0.05, 0.1) is 12.1 Å². The van der Waals surface area contributed by atoms with E-state index in [1.165, 1.54) is 0 Å². The predicted molar refractivity (Wildman–Crippen MR) is 96.1 cm³/mol. The summed E-state index contributed by atoms with van der Waals surface area (Å²) in [5.74, 6) is 0.588. The average molecular weight is 329 g/mol. The van der Waals surface area contributed by atoms with E-state index < -0.39 is 5.97 Å². The predicted octanol–water partition coefficient (Wildman–Crippen LogP) is 4.95. The van der Waals surface area contributed by atoms with Crippen molar-refractivity contribution in [1.82, 2.24) is 5.32 Å². The number of hydrogen-bond donors (Lipinski definition) is 2. The molecule has 0 saturated carbocycles. The van der Waals surface area contributed by atoms with Gasteiger partial charge in [0.15, 0.2) is 0 Å². The third kappa shape index (κ3) is 5.24. The van der Waals surface area contributed by atoms with Crippen molar-refractivity contribution >= 4 is 5.97 Å². The van der Waals surface area contributed by atoms with Gasteiger partial charge < -0.3 is 14.8 Å². The van der Waals surface area contributed by atoms with Crippen LogP contribution in [0.3, 0.4) is 0 Å². The van der Waals surface area contributed by atoms with Crippen molar-refractivity contribution in [3.8, 4) is 11.3 Å². The molecular formula is C20H27NO3. The molecule has 2 aromatic rings. The molecule has 1 aromatic heterocycles. The molecule has 0 atom stereocenters. The van der Waals surface area contributed by atoms with Gasteiger partial charge in [-0.1, -0.05) is 32.9 Å². The van der Waals surface area contributed by atoms with Crippen molar-refractivity contribution in [3.05, 3.63) is 47.7 Å². The van der Waals surface area contributed by atoms with Gasteiger partial charge >= 0.3 is 5.97 Å². The van der Waals surface area contributed by atoms with Gasteiger partial charge in [-0.05, 0) is 49.9 Å². The highest BCUT2D eigenvalue weighted by atomic mass is 16.4. The van der Waals surface area contributed by atoms with E-state index >= 15 is 0 Å². The van der Waals surface area contributed by atoms with Crippen LogP contribution >= 0.6 is 0 Å². The summed E-state index contributed by atoms with van der Waals surface area (Å²) in [7, 11) is 0. The highest BCUT2D eigenvalue weighted by Crippen LogP contribution is 2.28. The molecule has 0 amide bonds. The van der Waals surface area contributed by atoms with Gasteiger partial charge in [0, 0.05) is 11.1 Å². The minimum absolute atomic E-state index is 0.00836. The fourth-order valence-corrected chi connectivity index (χ4v) is 3.15. The lowest BCUT2D eigenvalue weighted by Gasteiger charge is -2.33. The molecule has 4 heteroatoms. The zero-order valence-corrected chi connectivity index (χ0v) is 15.1. The Labute approximate surface area is 143 Å². The van der Waals surface area contributed by atoms with Gasteiger partial charge in [-0.2, -0.15) is 0 Å². The molecule has 0 fully saturated rings. The van der Waals surface area contributed by atoms with Crippen LogP contribution in [0.1, 0.15) is 57.2 Å². The lowest BCUT2D eigenvalue weighted by Crippen LogP contribution is -2.41. The molecule has 1 aromatic carbocycles. The van der Waals surface area contributed by atoms with Crippen LogP contribution in [0.2, 0.25) is 0 Å². The zero-order valence-electron chi connectivity index (χ0n) is 15.1. The first-order valence-electron chi connectivity index (χ1n) is 8.23. The van der Waals surface area contributed by atoms with E-state index in [1.54, 1.807) is 18.2 Å². The molecule has 0 spiro atoms. The summed E-state index contributed by atoms with van der Waals surface area (Å²) in [5.41, 5.74) is 1.29. The van der Waals surface area contributed by atoms with Crippen LogP contribution in [0.25, 0.3) is 11.3 Å². The Kier molecular flexibility index (Phi) is 5.19. The van der Waals surface area contributed by atoms with Crippen molar-refractivity contribution in [1.29, 1.82) is 0 Å². The van der Waals surface area contributed by atoms with Gasteiger partial charge in [-0.15, -0.1) is 0 Å². The fraction of sp³-hybridized carbons (Fsp3) is 0.450. The highest BCUT2D eigenvalue weighted by molar-refractivity contribution is 5.89. The summed E-state index contributed by atoms with van der Waals surface area (Å²) in [6.07, 6.45) is 1.05. The molecule has 0 aliphatic rings. The summed E-state index contributed by atoms with van der Waals surface area (Å²) >= 11 is 0. The van der Waals surface area contributed by atoms with Crippen LogP contribution in [0.5, 0.6) is 0 Å². The Morgan fingerprint density at radius 3 is 2.46 bits per heavy atom. The first-order valence-corrected chi connectivity index (χ1v) is 8.23. The number of carboxylic acids is 1. The second-order valence-electron chi connectivity index (χ2n) is 8.13. The van der Waals surface area contributed by atoms with Gasteiger partial charge in [0.25, 0.3) is 0 Å². The molecule has 0 unspecified atom stereocenters. The number of furan rings is 1. The topological polar surface area (TPSA) is 62.5 Å². The van der Waals surface area contributed by atoms with Crippen molar-refractivity contribution in [2.45, 2.75) is 53.1 Å². The Hall–Kier alpha value is -2.07. The SMILES string of the molecule is CC(C)(C)CC(C)(C)NCc1ccc(-c2cccc(C(=O)O)c2)o1. The molecule has 2 rings (SSSR count). The van der Waals surface area contributed by atoms with Gasteiger partial charge in [-0.25, -0.2) is 4.79 Å². The monoisotopic (exact) mass is 329 g/mol. The standard InChI is InChI=1S/C20H27NO3/c1-19(2,3)13-20(4,5)21-12-16-9-10-17(24-16)14-7-6-8-15(11-14)18(22)23/h6-11,21H,12-13H2,1-5H3,(H,22,23). The molecule has 0 radical (unpaired) electrons. The number of rotatable bonds is 6. The summed E-state index contributed by atoms with van der Waals surface area (Å²) < 4.78 is 5.87. The molecule has 0 saturated heterocycles. The van der Waals surface area contributed by atoms with E-state index in [2.05, 4.69) is 39.9 Å². The Balaban J connectivity index is 2.06. The Morgan fingerprint density at radius 1 is 1.12 bits per heavy atom. The van der Waals surface area contributed by atoms with Crippen LogP contribution in [0.15, 0.2) is 40.8 Å². The second-order valence-corrected chi connectivity index (χ2v) is 8.13. The summed E-state index contributed by atoms with van der Waals surface area (Å²) in [5, 5.41) is 12.6. The van der Waals surface area contributed by atoms with Crippen LogP contribution in [0, 0.1) is 5.41 Å². The van der Waals surface area contributed by atoms with Crippen molar-refractivity contribution in [2.75, 3.05) is 0 Å². The maximum absolute atomic E-state index is 11.1. The molecule has 1 heterocycles. The molecule has 4 nitrogen and oxygen atoms in total. The van der Waals surface area contributed by atoms with Crippen molar-refractivity contribution < 1.29 is 14.3 Å². The van der Waals surface area contributed by atoms with E-state index in [-0.39, 0.29) is 16.5 Å². The fourth-order valence-electron chi connectivity index (χ4n) is 3.15. The van der Waals surface area contributed by atoms with Gasteiger partial charge in [-0.3, -0.25) is 0 Å². The molecular weight excluding hydrogens is 302 g/mol. The Bertz CT molecular complexity index is 708. The third-order valence-electron chi connectivity index (χ3n) is 3.77. The molecule has 130 valence electrons. The van der Waals surface area contributed by atoms with E-state index in [9.17, 15) is 4.79 Å². The van der Waals surface area contributed by atoms with Crippen LogP contribution in [-0.2, 0) is 6.54 Å². The average Bonchev–Trinajstić information content (AvgIpc) is 2.92. The van der Waals surface area contributed by atoms with E-state index in [4.69, 9.17) is 9.52 Å². The lowest BCUT2D eigenvalue weighted by atomic mass is 9.82. The second kappa shape index (κ2) is 6.81. The van der Waals surface area contributed by atoms with Crippen LogP contribution in [0.4, 0.5) is 0 Å². The van der Waals surface area contributed by atoms with Crippen molar-refractivity contribution in [3.63, 3.8) is 0 Å². The Morgan fingerprint density at radius 2 is 1.83 bits per heavy atom. The largest absolute Gasteiger partial charge is 0.478 e. The van der Waals surface area contributed by atoms with Gasteiger partial charge in [0.2, 0.25) is 0 Å². The maximum atomic E-state index is 11.1. The minimum Gasteiger partial charge on any atom is -0.478 e. The number of aromatic carboxylic acids is 1. The summed E-state index contributed by atoms with van der Waals surface area (Å²) in [6, 6.07) is 10.6. The molecule has 0 aliphatic heterocycles. The highest BCUT2D eigenvalue weighted by Gasteiger charge is 2.25. The summed E-state index contributed by atoms with van der Waals surface area (Å²) in [4.78, 5) is 11.1. The molecule has 24 heavy (non-hydrogen) atoms. The molecule has 0 bridgehead atoms. The number of benzene rings is 1.